The molecule has 17 heavy (non-hydrogen) atoms. The molecule has 2 rings (SSSR count). The van der Waals surface area contributed by atoms with E-state index < -0.39 is 29.4 Å². The molecule has 0 saturated heterocycles. The van der Waals surface area contributed by atoms with Gasteiger partial charge in [0.2, 0.25) is 5.82 Å². The van der Waals surface area contributed by atoms with Crippen molar-refractivity contribution in [1.82, 2.24) is 9.55 Å². The second kappa shape index (κ2) is 4.10. The summed E-state index contributed by atoms with van der Waals surface area (Å²) in [7, 11) is 0. The lowest BCUT2D eigenvalue weighted by atomic mass is 10.2. The number of aromatic amines is 1. The van der Waals surface area contributed by atoms with Gasteiger partial charge in [0.1, 0.15) is 6.10 Å². The van der Waals surface area contributed by atoms with Crippen LogP contribution >= 0.6 is 0 Å². The van der Waals surface area contributed by atoms with Crippen LogP contribution in [0.15, 0.2) is 27.9 Å². The van der Waals surface area contributed by atoms with Crippen LogP contribution in [0.25, 0.3) is 0 Å². The van der Waals surface area contributed by atoms with Gasteiger partial charge in [-0.05, 0) is 19.1 Å². The number of hydrogen-bond acceptors (Lipinski definition) is 4. The first kappa shape index (κ1) is 11.5. The van der Waals surface area contributed by atoms with Gasteiger partial charge in [-0.3, -0.25) is 19.1 Å². The zero-order valence-electron chi connectivity index (χ0n) is 8.84. The summed E-state index contributed by atoms with van der Waals surface area (Å²) in [5.74, 6) is -1.33. The van der Waals surface area contributed by atoms with Gasteiger partial charge in [-0.25, -0.2) is 4.79 Å². The van der Waals surface area contributed by atoms with Gasteiger partial charge in [-0.15, -0.1) is 0 Å². The molecule has 0 radical (unpaired) electrons. The minimum absolute atomic E-state index is 0.237. The van der Waals surface area contributed by atoms with E-state index in [4.69, 9.17) is 4.74 Å². The van der Waals surface area contributed by atoms with Crippen LogP contribution in [0.3, 0.4) is 0 Å². The highest BCUT2D eigenvalue weighted by molar-refractivity contribution is 5.93. The van der Waals surface area contributed by atoms with Crippen molar-refractivity contribution in [3.8, 4) is 0 Å². The number of hydrogen-bond donors (Lipinski definition) is 1. The summed E-state index contributed by atoms with van der Waals surface area (Å²) in [6.07, 6.45) is 1.71. The molecule has 1 aromatic heterocycles. The van der Waals surface area contributed by atoms with Gasteiger partial charge in [-0.1, -0.05) is 0 Å². The predicted octanol–water partition coefficient (Wildman–Crippen LogP) is -0.282. The molecule has 1 N–H and O–H groups in total. The Bertz CT molecular complexity index is 601. The molecule has 0 aliphatic carbocycles. The molecule has 0 unspecified atom stereocenters. The third-order valence-electron chi connectivity index (χ3n) is 2.37. The number of nitrogens with zero attached hydrogens (tertiary/aromatic N) is 1. The molecule has 7 heteroatoms. The Morgan fingerprint density at radius 1 is 1.41 bits per heavy atom. The minimum Gasteiger partial charge on any atom is -0.343 e. The Hall–Kier alpha value is -2.02. The van der Waals surface area contributed by atoms with Crippen LogP contribution < -0.4 is 11.2 Å². The van der Waals surface area contributed by atoms with E-state index in [2.05, 4.69) is 0 Å². The second-order valence-electron chi connectivity index (χ2n) is 3.57. The van der Waals surface area contributed by atoms with Crippen LogP contribution in [0.2, 0.25) is 0 Å². The summed E-state index contributed by atoms with van der Waals surface area (Å²) in [6, 6.07) is 0. The van der Waals surface area contributed by atoms with Crippen molar-refractivity contribution in [2.75, 3.05) is 0 Å². The van der Waals surface area contributed by atoms with Crippen molar-refractivity contribution in [3.63, 3.8) is 0 Å². The first-order valence-electron chi connectivity index (χ1n) is 4.87. The molecular formula is C10H9FN2O4. The van der Waals surface area contributed by atoms with Gasteiger partial charge in [0, 0.05) is 0 Å². The van der Waals surface area contributed by atoms with Crippen LogP contribution in [0.5, 0.6) is 0 Å². The number of carbonyl (C=O) groups excluding carboxylic acids is 1. The first-order chi connectivity index (χ1) is 7.99. The monoisotopic (exact) mass is 240 g/mol. The van der Waals surface area contributed by atoms with Gasteiger partial charge < -0.3 is 4.74 Å². The van der Waals surface area contributed by atoms with Crippen molar-refractivity contribution in [3.05, 3.63) is 45.0 Å². The Morgan fingerprint density at radius 3 is 2.76 bits per heavy atom. The lowest BCUT2D eigenvalue weighted by molar-refractivity contribution is -0.132. The van der Waals surface area contributed by atoms with Crippen molar-refractivity contribution in [2.45, 2.75) is 19.3 Å². The quantitative estimate of drug-likeness (QED) is 0.731. The summed E-state index contributed by atoms with van der Waals surface area (Å²) < 4.78 is 19.1. The Kier molecular flexibility index (Phi) is 2.76. The molecular weight excluding hydrogens is 231 g/mol. The number of carbonyl (C=O) groups is 1. The smallest absolute Gasteiger partial charge is 0.330 e. The Labute approximate surface area is 94.3 Å². The molecule has 2 heterocycles. The molecule has 0 amide bonds. The largest absolute Gasteiger partial charge is 0.343 e. The third kappa shape index (κ3) is 2.09. The topological polar surface area (TPSA) is 81.2 Å². The van der Waals surface area contributed by atoms with Crippen molar-refractivity contribution in [1.29, 1.82) is 0 Å². The molecule has 6 nitrogen and oxygen atoms in total. The Balaban J connectivity index is 2.46. The van der Waals surface area contributed by atoms with E-state index in [0.29, 0.717) is 0 Å². The first-order valence-corrected chi connectivity index (χ1v) is 4.87. The maximum absolute atomic E-state index is 13.0. The number of ether oxygens (including phenoxy) is 1. The van der Waals surface area contributed by atoms with E-state index >= 15 is 0 Å². The van der Waals surface area contributed by atoms with E-state index in [9.17, 15) is 18.8 Å². The van der Waals surface area contributed by atoms with Crippen molar-refractivity contribution in [2.24, 2.45) is 0 Å². The van der Waals surface area contributed by atoms with Gasteiger partial charge in [0.05, 0.1) is 6.20 Å². The third-order valence-corrected chi connectivity index (χ3v) is 2.37. The van der Waals surface area contributed by atoms with Crippen LogP contribution in [0.1, 0.15) is 13.2 Å². The highest BCUT2D eigenvalue weighted by atomic mass is 19.1. The molecule has 0 saturated carbocycles. The highest BCUT2D eigenvalue weighted by Gasteiger charge is 2.23. The number of aromatic nitrogens is 2. The maximum Gasteiger partial charge on any atom is 0.330 e. The van der Waals surface area contributed by atoms with E-state index in [1.54, 1.807) is 0 Å². The zero-order chi connectivity index (χ0) is 12.6. The van der Waals surface area contributed by atoms with Crippen LogP contribution in [0.4, 0.5) is 4.39 Å². The maximum atomic E-state index is 13.0. The average molecular weight is 240 g/mol. The molecule has 0 aromatic carbocycles. The summed E-state index contributed by atoms with van der Waals surface area (Å²) >= 11 is 0. The van der Waals surface area contributed by atoms with Crippen LogP contribution in [0, 0.1) is 5.82 Å². The molecule has 90 valence electrons. The fraction of sp³-hybridized carbons (Fsp3) is 0.300. The SMILES string of the molecule is C[C@@H]1O[C@@H](n2cc(F)c(=O)[nH]c2=O)C=CC1=O. The molecule has 2 atom stereocenters. The molecule has 1 aliphatic heterocycles. The summed E-state index contributed by atoms with van der Waals surface area (Å²) in [4.78, 5) is 35.2. The zero-order valence-corrected chi connectivity index (χ0v) is 8.84. The van der Waals surface area contributed by atoms with Gasteiger partial charge in [0.25, 0.3) is 5.56 Å². The van der Waals surface area contributed by atoms with E-state index in [-0.39, 0.29) is 5.78 Å². The van der Waals surface area contributed by atoms with Gasteiger partial charge in [0.15, 0.2) is 12.0 Å². The second-order valence-corrected chi connectivity index (χ2v) is 3.57. The Morgan fingerprint density at radius 2 is 2.12 bits per heavy atom. The predicted molar refractivity (Wildman–Crippen MR) is 55.0 cm³/mol. The van der Waals surface area contributed by atoms with Crippen molar-refractivity contribution >= 4 is 5.78 Å². The molecule has 1 aliphatic rings. The van der Waals surface area contributed by atoms with Crippen LogP contribution in [-0.4, -0.2) is 21.4 Å². The van der Waals surface area contributed by atoms with E-state index in [1.165, 1.54) is 19.1 Å². The number of H-pyrrole nitrogens is 1. The average Bonchev–Trinajstić information content (AvgIpc) is 2.27. The standard InChI is InChI=1S/C10H9FN2O4/c1-5-7(14)2-3-8(17-5)13-4-6(11)9(15)12-10(13)16/h2-5,8H,1H3,(H,12,15,16)/t5-,8+/m0/s1. The molecule has 0 fully saturated rings. The number of rotatable bonds is 1. The van der Waals surface area contributed by atoms with E-state index in [1.807, 2.05) is 4.98 Å². The van der Waals surface area contributed by atoms with Crippen LogP contribution in [-0.2, 0) is 9.53 Å². The summed E-state index contributed by atoms with van der Waals surface area (Å²) in [6.45, 7) is 1.52. The highest BCUT2D eigenvalue weighted by Crippen LogP contribution is 2.16. The molecule has 0 spiro atoms. The normalized spacial score (nSPS) is 24.0. The lowest BCUT2D eigenvalue weighted by Gasteiger charge is -2.23. The lowest BCUT2D eigenvalue weighted by Crippen LogP contribution is -2.37. The fourth-order valence-corrected chi connectivity index (χ4v) is 1.44. The number of halogens is 1. The fourth-order valence-electron chi connectivity index (χ4n) is 1.44. The number of ketones is 1. The minimum atomic E-state index is -1.09. The summed E-state index contributed by atoms with van der Waals surface area (Å²) in [5, 5.41) is 0. The molecule has 0 bridgehead atoms. The van der Waals surface area contributed by atoms with E-state index in [0.717, 1.165) is 10.8 Å². The molecule has 1 aromatic rings. The number of nitrogens with one attached hydrogen (secondary N) is 1. The summed E-state index contributed by atoms with van der Waals surface area (Å²) in [5.41, 5.74) is -1.89. The van der Waals surface area contributed by atoms with Crippen molar-refractivity contribution < 1.29 is 13.9 Å². The van der Waals surface area contributed by atoms with Gasteiger partial charge >= 0.3 is 5.69 Å². The van der Waals surface area contributed by atoms with Gasteiger partial charge in [-0.2, -0.15) is 4.39 Å².